The van der Waals surface area contributed by atoms with E-state index >= 15 is 0 Å². The second kappa shape index (κ2) is 9.31. The van der Waals surface area contributed by atoms with Crippen LogP contribution in [-0.4, -0.2) is 23.3 Å². The van der Waals surface area contributed by atoms with Crippen molar-refractivity contribution in [3.05, 3.63) is 70.6 Å². The molecule has 5 nitrogen and oxygen atoms in total. The number of allylic oxidation sites excluding steroid dienone is 1. The van der Waals surface area contributed by atoms with Gasteiger partial charge in [-0.05, 0) is 75.3 Å². The van der Waals surface area contributed by atoms with Gasteiger partial charge in [0.2, 0.25) is 0 Å². The van der Waals surface area contributed by atoms with Gasteiger partial charge in [-0.2, -0.15) is 0 Å². The molecule has 0 bridgehead atoms. The van der Waals surface area contributed by atoms with Crippen LogP contribution < -0.4 is 10.6 Å². The Balaban J connectivity index is 1.61. The number of benzene rings is 1. The number of pyridine rings is 1. The van der Waals surface area contributed by atoms with Gasteiger partial charge in [0.1, 0.15) is 5.69 Å². The van der Waals surface area contributed by atoms with Crippen LogP contribution in [0.5, 0.6) is 0 Å². The van der Waals surface area contributed by atoms with Gasteiger partial charge in [0, 0.05) is 24.0 Å². The van der Waals surface area contributed by atoms with Gasteiger partial charge in [0.05, 0.1) is 0 Å². The Bertz CT molecular complexity index is 902. The fourth-order valence-corrected chi connectivity index (χ4v) is 3.34. The summed E-state index contributed by atoms with van der Waals surface area (Å²) in [7, 11) is 0. The molecule has 1 aromatic carbocycles. The molecule has 2 amide bonds. The molecule has 3 rings (SSSR count). The van der Waals surface area contributed by atoms with Gasteiger partial charge in [-0.25, -0.2) is 0 Å². The smallest absolute Gasteiger partial charge is 0.274 e. The Hall–Kier alpha value is -2.95. The Labute approximate surface area is 166 Å². The van der Waals surface area contributed by atoms with Gasteiger partial charge >= 0.3 is 0 Å². The zero-order valence-electron chi connectivity index (χ0n) is 16.5. The zero-order valence-corrected chi connectivity index (χ0v) is 16.5. The van der Waals surface area contributed by atoms with Crippen molar-refractivity contribution < 1.29 is 9.59 Å². The van der Waals surface area contributed by atoms with E-state index in [9.17, 15) is 9.59 Å². The molecule has 0 atom stereocenters. The van der Waals surface area contributed by atoms with Gasteiger partial charge in [-0.15, -0.1) is 0 Å². The number of nitrogens with one attached hydrogen (secondary N) is 2. The molecular weight excluding hydrogens is 350 g/mol. The molecule has 0 fully saturated rings. The summed E-state index contributed by atoms with van der Waals surface area (Å²) in [5.74, 6) is -0.504. The Morgan fingerprint density at radius 1 is 1.11 bits per heavy atom. The van der Waals surface area contributed by atoms with Crippen molar-refractivity contribution in [2.24, 2.45) is 0 Å². The van der Waals surface area contributed by atoms with Crippen molar-refractivity contribution >= 4 is 17.5 Å². The molecule has 2 N–H and O–H groups in total. The predicted molar refractivity (Wildman–Crippen MR) is 112 cm³/mol. The van der Waals surface area contributed by atoms with Gasteiger partial charge < -0.3 is 10.6 Å². The highest BCUT2D eigenvalue weighted by molar-refractivity contribution is 6.05. The normalized spacial score (nSPS) is 13.6. The lowest BCUT2D eigenvalue weighted by Crippen LogP contribution is -2.25. The molecule has 0 spiro atoms. The van der Waals surface area contributed by atoms with Crippen molar-refractivity contribution in [1.82, 2.24) is 10.3 Å². The summed E-state index contributed by atoms with van der Waals surface area (Å²) in [4.78, 5) is 29.1. The summed E-state index contributed by atoms with van der Waals surface area (Å²) in [6, 6.07) is 8.92. The highest BCUT2D eigenvalue weighted by Gasteiger charge is 2.13. The Morgan fingerprint density at radius 2 is 1.96 bits per heavy atom. The second-order valence-electron chi connectivity index (χ2n) is 7.25. The first-order valence-corrected chi connectivity index (χ1v) is 9.84. The lowest BCUT2D eigenvalue weighted by atomic mass is 9.97. The monoisotopic (exact) mass is 377 g/mol. The maximum Gasteiger partial charge on any atom is 0.274 e. The topological polar surface area (TPSA) is 71.1 Å². The molecule has 1 heterocycles. The van der Waals surface area contributed by atoms with Gasteiger partial charge in [-0.1, -0.05) is 23.8 Å². The van der Waals surface area contributed by atoms with Crippen molar-refractivity contribution in [1.29, 1.82) is 0 Å². The first-order valence-electron chi connectivity index (χ1n) is 9.84. The molecule has 146 valence electrons. The number of amides is 2. The van der Waals surface area contributed by atoms with E-state index in [2.05, 4.69) is 21.7 Å². The first kappa shape index (κ1) is 19.8. The lowest BCUT2D eigenvalue weighted by molar-refractivity contribution is 0.0954. The standard InChI is InChI=1S/C23H27N3O2/c1-16-7-6-10-20(17(16)2)26-23(28)21-15-19(12-14-24-21)22(27)25-13-11-18-8-4-3-5-9-18/h6-8,10,12,14-15H,3-5,9,11,13H2,1-2H3,(H,25,27)(H,26,28). The van der Waals surface area contributed by atoms with Crippen LogP contribution in [-0.2, 0) is 0 Å². The zero-order chi connectivity index (χ0) is 19.9. The number of nitrogens with zero attached hydrogens (tertiary/aromatic N) is 1. The van der Waals surface area contributed by atoms with Crippen LogP contribution in [0.25, 0.3) is 0 Å². The van der Waals surface area contributed by atoms with Crippen molar-refractivity contribution in [3.8, 4) is 0 Å². The molecule has 0 radical (unpaired) electrons. The largest absolute Gasteiger partial charge is 0.352 e. The van der Waals surface area contributed by atoms with E-state index in [0.29, 0.717) is 12.1 Å². The van der Waals surface area contributed by atoms with E-state index in [1.807, 2.05) is 32.0 Å². The van der Waals surface area contributed by atoms with Gasteiger partial charge in [0.15, 0.2) is 0 Å². The fourth-order valence-electron chi connectivity index (χ4n) is 3.34. The van der Waals surface area contributed by atoms with Crippen LogP contribution in [0.2, 0.25) is 0 Å². The summed E-state index contributed by atoms with van der Waals surface area (Å²) < 4.78 is 0. The van der Waals surface area contributed by atoms with Crippen molar-refractivity contribution in [2.45, 2.75) is 46.0 Å². The number of carbonyl (C=O) groups excluding carboxylic acids is 2. The minimum Gasteiger partial charge on any atom is -0.352 e. The summed E-state index contributed by atoms with van der Waals surface area (Å²) in [5, 5.41) is 5.82. The molecule has 0 saturated carbocycles. The second-order valence-corrected chi connectivity index (χ2v) is 7.25. The maximum absolute atomic E-state index is 12.6. The Kier molecular flexibility index (Phi) is 6.58. The molecule has 1 aliphatic carbocycles. The molecule has 0 saturated heterocycles. The number of rotatable bonds is 6. The quantitative estimate of drug-likeness (QED) is 0.724. The van der Waals surface area contributed by atoms with Crippen molar-refractivity contribution in [2.75, 3.05) is 11.9 Å². The fraction of sp³-hybridized carbons (Fsp3) is 0.348. The van der Waals surface area contributed by atoms with Crippen LogP contribution in [0, 0.1) is 13.8 Å². The first-order chi connectivity index (χ1) is 13.5. The van der Waals surface area contributed by atoms with Crippen molar-refractivity contribution in [3.63, 3.8) is 0 Å². The van der Waals surface area contributed by atoms with E-state index in [1.165, 1.54) is 30.7 Å². The number of hydrogen-bond acceptors (Lipinski definition) is 3. The molecule has 28 heavy (non-hydrogen) atoms. The molecular formula is C23H27N3O2. The average molecular weight is 377 g/mol. The minimum atomic E-state index is -0.323. The molecule has 1 aromatic heterocycles. The van der Waals surface area contributed by atoms with E-state index < -0.39 is 0 Å². The SMILES string of the molecule is Cc1cccc(NC(=O)c2cc(C(=O)NCCC3=CCCCC3)ccn2)c1C. The van der Waals surface area contributed by atoms with Crippen LogP contribution in [0.15, 0.2) is 48.2 Å². The highest BCUT2D eigenvalue weighted by atomic mass is 16.2. The van der Waals surface area contributed by atoms with Crippen LogP contribution >= 0.6 is 0 Å². The molecule has 2 aromatic rings. The van der Waals surface area contributed by atoms with E-state index in [0.717, 1.165) is 36.1 Å². The third-order valence-corrected chi connectivity index (χ3v) is 5.22. The van der Waals surface area contributed by atoms with Gasteiger partial charge in [-0.3, -0.25) is 14.6 Å². The Morgan fingerprint density at radius 3 is 2.75 bits per heavy atom. The van der Waals surface area contributed by atoms with Crippen LogP contribution in [0.1, 0.15) is 64.1 Å². The van der Waals surface area contributed by atoms with Gasteiger partial charge in [0.25, 0.3) is 11.8 Å². The summed E-state index contributed by atoms with van der Waals surface area (Å²) in [6.07, 6.45) is 9.45. The average Bonchev–Trinajstić information content (AvgIpc) is 2.72. The predicted octanol–water partition coefficient (Wildman–Crippen LogP) is 4.57. The summed E-state index contributed by atoms with van der Waals surface area (Å²) >= 11 is 0. The minimum absolute atomic E-state index is 0.181. The number of anilines is 1. The van der Waals surface area contributed by atoms with E-state index in [1.54, 1.807) is 6.07 Å². The van der Waals surface area contributed by atoms with E-state index in [-0.39, 0.29) is 17.5 Å². The number of carbonyl (C=O) groups is 2. The maximum atomic E-state index is 12.6. The lowest BCUT2D eigenvalue weighted by Gasteiger charge is -2.13. The third kappa shape index (κ3) is 5.06. The third-order valence-electron chi connectivity index (χ3n) is 5.22. The highest BCUT2D eigenvalue weighted by Crippen LogP contribution is 2.20. The number of hydrogen-bond donors (Lipinski definition) is 2. The molecule has 5 heteroatoms. The van der Waals surface area contributed by atoms with E-state index in [4.69, 9.17) is 0 Å². The molecule has 0 unspecified atom stereocenters. The van der Waals surface area contributed by atoms with Crippen LogP contribution in [0.3, 0.4) is 0 Å². The summed E-state index contributed by atoms with van der Waals surface area (Å²) in [6.45, 7) is 4.57. The number of aromatic nitrogens is 1. The number of aryl methyl sites for hydroxylation is 1. The van der Waals surface area contributed by atoms with Crippen LogP contribution in [0.4, 0.5) is 5.69 Å². The molecule has 1 aliphatic rings. The summed E-state index contributed by atoms with van der Waals surface area (Å²) in [5.41, 5.74) is 4.97. The molecule has 0 aliphatic heterocycles.